The summed E-state index contributed by atoms with van der Waals surface area (Å²) < 4.78 is 1.62. The van der Waals surface area contributed by atoms with Gasteiger partial charge in [0.15, 0.2) is 0 Å². The zero-order valence-electron chi connectivity index (χ0n) is 15.6. The molecule has 0 fully saturated rings. The lowest BCUT2D eigenvalue weighted by molar-refractivity contribution is -0.896. The number of hydrogen-bond acceptors (Lipinski definition) is 4. The lowest BCUT2D eigenvalue weighted by Gasteiger charge is -2.15. The van der Waals surface area contributed by atoms with Crippen LogP contribution in [0.25, 0.3) is 10.2 Å². The molecule has 0 radical (unpaired) electrons. The second kappa shape index (κ2) is 9.10. The number of hydrogen-bond donors (Lipinski definition) is 2. The van der Waals surface area contributed by atoms with Crippen molar-refractivity contribution in [3.8, 4) is 0 Å². The molecule has 25 heavy (non-hydrogen) atoms. The van der Waals surface area contributed by atoms with E-state index in [0.29, 0.717) is 28.2 Å². The van der Waals surface area contributed by atoms with Gasteiger partial charge < -0.3 is 10.2 Å². The molecule has 0 spiro atoms. The molecule has 2 aromatic rings. The van der Waals surface area contributed by atoms with Crippen molar-refractivity contribution in [1.82, 2.24) is 14.9 Å². The normalized spacial score (nSPS) is 11.4. The van der Waals surface area contributed by atoms with Crippen molar-refractivity contribution >= 4 is 27.5 Å². The van der Waals surface area contributed by atoms with Gasteiger partial charge in [0, 0.05) is 19.5 Å². The van der Waals surface area contributed by atoms with E-state index in [0.717, 1.165) is 38.0 Å². The van der Waals surface area contributed by atoms with Crippen LogP contribution >= 0.6 is 11.3 Å². The van der Waals surface area contributed by atoms with Crippen LogP contribution in [0, 0.1) is 6.92 Å². The highest BCUT2D eigenvalue weighted by molar-refractivity contribution is 7.20. The summed E-state index contributed by atoms with van der Waals surface area (Å²) in [6, 6.07) is 0. The maximum atomic E-state index is 12.6. The van der Waals surface area contributed by atoms with Crippen molar-refractivity contribution < 1.29 is 9.69 Å². The Morgan fingerprint density at radius 2 is 2.04 bits per heavy atom. The molecule has 6 nitrogen and oxygen atoms in total. The fourth-order valence-electron chi connectivity index (χ4n) is 3.00. The van der Waals surface area contributed by atoms with Gasteiger partial charge in [-0.25, -0.2) is 4.98 Å². The van der Waals surface area contributed by atoms with Crippen LogP contribution in [0.2, 0.25) is 0 Å². The van der Waals surface area contributed by atoms with Crippen LogP contribution in [0.15, 0.2) is 11.1 Å². The van der Waals surface area contributed by atoms with Crippen molar-refractivity contribution in [2.75, 3.05) is 26.2 Å². The van der Waals surface area contributed by atoms with Gasteiger partial charge >= 0.3 is 0 Å². The molecule has 1 amide bonds. The standard InChI is InChI=1S/C18H28N4O2S/c1-5-10-22-12-20-17-14(18(22)24)13(4)15(25-17)16(23)19-9-8-11-21(6-2)7-3/h12H,5-11H2,1-4H3,(H,19,23)/p+1. The lowest BCUT2D eigenvalue weighted by atomic mass is 10.2. The van der Waals surface area contributed by atoms with E-state index in [2.05, 4.69) is 24.1 Å². The van der Waals surface area contributed by atoms with Gasteiger partial charge in [0.25, 0.3) is 11.5 Å². The third-order valence-electron chi connectivity index (χ3n) is 4.58. The summed E-state index contributed by atoms with van der Waals surface area (Å²) in [4.78, 5) is 32.2. The fraction of sp³-hybridized carbons (Fsp3) is 0.611. The Hall–Kier alpha value is -1.73. The van der Waals surface area contributed by atoms with Crippen LogP contribution in [-0.2, 0) is 6.54 Å². The Morgan fingerprint density at radius 1 is 1.32 bits per heavy atom. The summed E-state index contributed by atoms with van der Waals surface area (Å²) in [5.41, 5.74) is 0.694. The van der Waals surface area contributed by atoms with Crippen molar-refractivity contribution in [1.29, 1.82) is 0 Å². The maximum absolute atomic E-state index is 12.6. The van der Waals surface area contributed by atoms with Crippen LogP contribution in [0.1, 0.15) is 48.8 Å². The topological polar surface area (TPSA) is 68.4 Å². The van der Waals surface area contributed by atoms with Crippen molar-refractivity contribution in [3.05, 3.63) is 27.1 Å². The molecule has 2 N–H and O–H groups in total. The van der Waals surface area contributed by atoms with E-state index in [-0.39, 0.29) is 11.5 Å². The summed E-state index contributed by atoms with van der Waals surface area (Å²) in [5.74, 6) is -0.100. The number of fused-ring (bicyclic) bond motifs is 1. The first-order valence-electron chi connectivity index (χ1n) is 9.13. The number of quaternary nitrogens is 1. The zero-order valence-corrected chi connectivity index (χ0v) is 16.5. The van der Waals surface area contributed by atoms with E-state index in [1.54, 1.807) is 10.9 Å². The maximum Gasteiger partial charge on any atom is 0.262 e. The van der Waals surface area contributed by atoms with E-state index < -0.39 is 0 Å². The number of amides is 1. The molecule has 0 bridgehead atoms. The number of thiophene rings is 1. The first kappa shape index (κ1) is 19.6. The Morgan fingerprint density at radius 3 is 2.68 bits per heavy atom. The predicted octanol–water partition coefficient (Wildman–Crippen LogP) is 1.22. The molecular formula is C18H29N4O2S+. The molecule has 0 aliphatic heterocycles. The van der Waals surface area contributed by atoms with Gasteiger partial charge in [0.1, 0.15) is 4.83 Å². The highest BCUT2D eigenvalue weighted by atomic mass is 32.1. The minimum atomic E-state index is -0.100. The highest BCUT2D eigenvalue weighted by Crippen LogP contribution is 2.26. The first-order chi connectivity index (χ1) is 12.0. The van der Waals surface area contributed by atoms with Gasteiger partial charge in [0.05, 0.1) is 36.2 Å². The molecule has 0 aliphatic carbocycles. The molecule has 2 rings (SSSR count). The minimum Gasteiger partial charge on any atom is -0.351 e. The van der Waals surface area contributed by atoms with Crippen molar-refractivity contribution in [2.45, 2.75) is 47.1 Å². The smallest absolute Gasteiger partial charge is 0.262 e. The van der Waals surface area contributed by atoms with E-state index >= 15 is 0 Å². The number of nitrogens with one attached hydrogen (secondary N) is 2. The summed E-state index contributed by atoms with van der Waals surface area (Å²) in [6.45, 7) is 12.8. The average molecular weight is 366 g/mol. The molecule has 0 saturated carbocycles. The Balaban J connectivity index is 2.10. The monoisotopic (exact) mass is 365 g/mol. The van der Waals surface area contributed by atoms with Crippen LogP contribution in [0.5, 0.6) is 0 Å². The number of aromatic nitrogens is 2. The molecule has 138 valence electrons. The van der Waals surface area contributed by atoms with Crippen molar-refractivity contribution in [3.63, 3.8) is 0 Å². The molecule has 0 aromatic carbocycles. The van der Waals surface area contributed by atoms with Crippen LogP contribution in [0.3, 0.4) is 0 Å². The molecule has 0 unspecified atom stereocenters. The molecule has 0 saturated heterocycles. The van der Waals surface area contributed by atoms with Crippen LogP contribution in [-0.4, -0.2) is 41.6 Å². The number of carbonyl (C=O) groups is 1. The average Bonchev–Trinajstić information content (AvgIpc) is 2.95. The minimum absolute atomic E-state index is 0.0511. The predicted molar refractivity (Wildman–Crippen MR) is 103 cm³/mol. The van der Waals surface area contributed by atoms with Crippen LogP contribution < -0.4 is 15.8 Å². The molecule has 0 aliphatic rings. The highest BCUT2D eigenvalue weighted by Gasteiger charge is 2.19. The van der Waals surface area contributed by atoms with E-state index in [4.69, 9.17) is 0 Å². The van der Waals surface area contributed by atoms with Crippen molar-refractivity contribution in [2.24, 2.45) is 0 Å². The lowest BCUT2D eigenvalue weighted by Crippen LogP contribution is -3.11. The summed E-state index contributed by atoms with van der Waals surface area (Å²) in [5, 5.41) is 3.57. The Kier molecular flexibility index (Phi) is 7.13. The molecule has 0 atom stereocenters. The van der Waals surface area contributed by atoms with Gasteiger partial charge in [-0.05, 0) is 32.8 Å². The largest absolute Gasteiger partial charge is 0.351 e. The second-order valence-electron chi connectivity index (χ2n) is 6.30. The third-order valence-corrected chi connectivity index (χ3v) is 5.78. The molecular weight excluding hydrogens is 336 g/mol. The van der Waals surface area contributed by atoms with Gasteiger partial charge in [-0.3, -0.25) is 14.2 Å². The van der Waals surface area contributed by atoms with E-state index in [1.807, 2.05) is 13.8 Å². The van der Waals surface area contributed by atoms with Gasteiger partial charge in [-0.15, -0.1) is 11.3 Å². The fourth-order valence-corrected chi connectivity index (χ4v) is 4.06. The third kappa shape index (κ3) is 4.46. The number of rotatable bonds is 9. The summed E-state index contributed by atoms with van der Waals surface area (Å²) >= 11 is 1.30. The molecule has 7 heteroatoms. The zero-order chi connectivity index (χ0) is 18.4. The quantitative estimate of drug-likeness (QED) is 0.657. The van der Waals surface area contributed by atoms with E-state index in [9.17, 15) is 9.59 Å². The number of aryl methyl sites for hydroxylation is 2. The van der Waals surface area contributed by atoms with Gasteiger partial charge in [0.2, 0.25) is 0 Å². The Labute approximate surface area is 152 Å². The molecule has 2 aromatic heterocycles. The van der Waals surface area contributed by atoms with Crippen LogP contribution in [0.4, 0.5) is 0 Å². The second-order valence-corrected chi connectivity index (χ2v) is 7.30. The number of carbonyl (C=O) groups excluding carboxylic acids is 1. The summed E-state index contributed by atoms with van der Waals surface area (Å²) in [7, 11) is 0. The first-order valence-corrected chi connectivity index (χ1v) is 9.95. The van der Waals surface area contributed by atoms with Gasteiger partial charge in [-0.2, -0.15) is 0 Å². The summed E-state index contributed by atoms with van der Waals surface area (Å²) in [6.07, 6.45) is 3.41. The molecule has 2 heterocycles. The SMILES string of the molecule is CCCn1cnc2sc(C(=O)NCCC[NH+](CC)CC)c(C)c2c1=O. The van der Waals surface area contributed by atoms with E-state index in [1.165, 1.54) is 16.2 Å². The van der Waals surface area contributed by atoms with Gasteiger partial charge in [-0.1, -0.05) is 6.92 Å². The number of nitrogens with zero attached hydrogens (tertiary/aromatic N) is 2. The Bertz CT molecular complexity index is 777.